The summed E-state index contributed by atoms with van der Waals surface area (Å²) in [6.07, 6.45) is 0. The van der Waals surface area contributed by atoms with Gasteiger partial charge in [-0.2, -0.15) is 0 Å². The molecule has 0 spiro atoms. The van der Waals surface area contributed by atoms with E-state index in [4.69, 9.17) is 5.73 Å². The molecule has 0 fully saturated rings. The lowest BCUT2D eigenvalue weighted by Gasteiger charge is -2.22. The topological polar surface area (TPSA) is 80.4 Å². The van der Waals surface area contributed by atoms with Crippen LogP contribution >= 0.6 is 0 Å². The summed E-state index contributed by atoms with van der Waals surface area (Å²) in [6.45, 7) is 3.02. The molecule has 0 aliphatic rings. The molecule has 0 aliphatic heterocycles. The zero-order valence-electron chi connectivity index (χ0n) is 10.1. The van der Waals surface area contributed by atoms with Gasteiger partial charge in [0, 0.05) is 11.8 Å². The van der Waals surface area contributed by atoms with E-state index in [0.29, 0.717) is 0 Å². The number of rotatable bonds is 5. The van der Waals surface area contributed by atoms with Crippen LogP contribution in [0.3, 0.4) is 0 Å². The first-order valence-electron chi connectivity index (χ1n) is 5.57. The number of hydrogen-bond acceptors (Lipinski definition) is 4. The molecule has 4 nitrogen and oxygen atoms in total. The molecule has 17 heavy (non-hydrogen) atoms. The van der Waals surface area contributed by atoms with Crippen molar-refractivity contribution >= 4 is 9.84 Å². The molecule has 2 atom stereocenters. The summed E-state index contributed by atoms with van der Waals surface area (Å²) in [5.74, 6) is -0.0161. The van der Waals surface area contributed by atoms with E-state index in [1.165, 1.54) is 0 Å². The molecule has 0 aliphatic carbocycles. The highest BCUT2D eigenvalue weighted by molar-refractivity contribution is 7.92. The number of nitrogens with two attached hydrogens (primary N) is 1. The second-order valence-electron chi connectivity index (χ2n) is 4.11. The van der Waals surface area contributed by atoms with Crippen molar-refractivity contribution in [2.24, 2.45) is 5.73 Å². The van der Waals surface area contributed by atoms with Gasteiger partial charge in [-0.05, 0) is 12.5 Å². The molecule has 5 heteroatoms. The third-order valence-electron chi connectivity index (χ3n) is 2.87. The molecular weight excluding hydrogens is 238 g/mol. The quantitative estimate of drug-likeness (QED) is 0.817. The summed E-state index contributed by atoms with van der Waals surface area (Å²) in [5.41, 5.74) is 7.70. The van der Waals surface area contributed by atoms with Gasteiger partial charge >= 0.3 is 0 Å². The molecule has 0 saturated carbocycles. The Morgan fingerprint density at radius 1 is 1.41 bits per heavy atom. The largest absolute Gasteiger partial charge is 0.395 e. The molecule has 0 amide bonds. The van der Waals surface area contributed by atoms with E-state index in [1.807, 2.05) is 25.1 Å². The van der Waals surface area contributed by atoms with E-state index in [9.17, 15) is 13.5 Å². The van der Waals surface area contributed by atoms with Crippen LogP contribution in [0, 0.1) is 6.92 Å². The predicted molar refractivity (Wildman–Crippen MR) is 68.4 cm³/mol. The van der Waals surface area contributed by atoms with Crippen LogP contribution in [0.15, 0.2) is 24.3 Å². The second-order valence-corrected chi connectivity index (χ2v) is 6.62. The van der Waals surface area contributed by atoms with Crippen molar-refractivity contribution in [3.8, 4) is 0 Å². The molecular formula is C12H19NO3S. The fourth-order valence-corrected chi connectivity index (χ4v) is 3.02. The Hall–Kier alpha value is -0.910. The summed E-state index contributed by atoms with van der Waals surface area (Å²) in [6, 6.07) is 6.69. The third-order valence-corrected chi connectivity index (χ3v) is 5.04. The molecule has 1 aromatic rings. The number of benzene rings is 1. The van der Waals surface area contributed by atoms with Crippen LogP contribution in [0.1, 0.15) is 24.1 Å². The molecule has 0 aromatic heterocycles. The van der Waals surface area contributed by atoms with E-state index >= 15 is 0 Å². The fourth-order valence-electron chi connectivity index (χ4n) is 1.76. The van der Waals surface area contributed by atoms with E-state index < -0.39 is 27.7 Å². The second kappa shape index (κ2) is 5.62. The van der Waals surface area contributed by atoms with Crippen molar-refractivity contribution < 1.29 is 13.5 Å². The van der Waals surface area contributed by atoms with Gasteiger partial charge in [0.2, 0.25) is 0 Å². The van der Waals surface area contributed by atoms with E-state index in [1.54, 1.807) is 13.0 Å². The number of sulfone groups is 1. The minimum absolute atomic E-state index is 0.0161. The summed E-state index contributed by atoms with van der Waals surface area (Å²) >= 11 is 0. The molecule has 3 N–H and O–H groups in total. The third kappa shape index (κ3) is 3.28. The van der Waals surface area contributed by atoms with Gasteiger partial charge in [-0.25, -0.2) is 8.42 Å². The maximum atomic E-state index is 11.8. The van der Waals surface area contributed by atoms with Gasteiger partial charge in [0.05, 0.1) is 6.61 Å². The first kappa shape index (κ1) is 14.2. The summed E-state index contributed by atoms with van der Waals surface area (Å²) in [7, 11) is -3.35. The van der Waals surface area contributed by atoms with Crippen molar-refractivity contribution in [1.82, 2.24) is 0 Å². The normalized spacial score (nSPS) is 15.5. The average molecular weight is 257 g/mol. The summed E-state index contributed by atoms with van der Waals surface area (Å²) in [4.78, 5) is 0. The lowest BCUT2D eigenvalue weighted by Crippen LogP contribution is -2.37. The van der Waals surface area contributed by atoms with Crippen LogP contribution in [0.25, 0.3) is 0 Å². The maximum absolute atomic E-state index is 11.8. The zero-order valence-corrected chi connectivity index (χ0v) is 10.9. The Kier molecular flexibility index (Phi) is 4.68. The van der Waals surface area contributed by atoms with Crippen molar-refractivity contribution in [3.63, 3.8) is 0 Å². The minimum atomic E-state index is -3.35. The van der Waals surface area contributed by atoms with Crippen LogP contribution in [0.5, 0.6) is 0 Å². The molecule has 1 aromatic carbocycles. The number of aryl methyl sites for hydroxylation is 1. The maximum Gasteiger partial charge on any atom is 0.157 e. The Morgan fingerprint density at radius 2 is 2.06 bits per heavy atom. The molecule has 0 bridgehead atoms. The smallest absolute Gasteiger partial charge is 0.157 e. The summed E-state index contributed by atoms with van der Waals surface area (Å²) in [5, 5.41) is 8.30. The van der Waals surface area contributed by atoms with Gasteiger partial charge in [0.25, 0.3) is 0 Å². The van der Waals surface area contributed by atoms with Crippen molar-refractivity contribution in [1.29, 1.82) is 0 Å². The molecule has 0 unspecified atom stereocenters. The van der Waals surface area contributed by atoms with E-state index in [-0.39, 0.29) is 5.75 Å². The highest BCUT2D eigenvalue weighted by Crippen LogP contribution is 2.21. The number of aliphatic hydroxyl groups is 1. The molecule has 1 rings (SSSR count). The highest BCUT2D eigenvalue weighted by atomic mass is 32.2. The van der Waals surface area contributed by atoms with Crippen molar-refractivity contribution in [2.45, 2.75) is 25.1 Å². The number of hydrogen-bond donors (Lipinski definition) is 2. The Bertz CT molecular complexity index is 470. The van der Waals surface area contributed by atoms with Crippen LogP contribution < -0.4 is 5.73 Å². The first-order chi connectivity index (χ1) is 7.92. The first-order valence-corrected chi connectivity index (χ1v) is 7.28. The van der Waals surface area contributed by atoms with E-state index in [2.05, 4.69) is 0 Å². The van der Waals surface area contributed by atoms with Gasteiger partial charge in [-0.15, -0.1) is 0 Å². The van der Waals surface area contributed by atoms with Crippen LogP contribution in [0.4, 0.5) is 0 Å². The molecule has 0 heterocycles. The molecule has 96 valence electrons. The van der Waals surface area contributed by atoms with Crippen LogP contribution in [0.2, 0.25) is 0 Å². The fraction of sp³-hybridized carbons (Fsp3) is 0.500. The van der Waals surface area contributed by atoms with Gasteiger partial charge < -0.3 is 10.8 Å². The number of aliphatic hydroxyl groups excluding tert-OH is 1. The van der Waals surface area contributed by atoms with Crippen LogP contribution in [-0.4, -0.2) is 31.1 Å². The van der Waals surface area contributed by atoms with Crippen molar-refractivity contribution in [2.75, 3.05) is 12.4 Å². The van der Waals surface area contributed by atoms with Crippen molar-refractivity contribution in [3.05, 3.63) is 35.4 Å². The minimum Gasteiger partial charge on any atom is -0.395 e. The Labute approximate surface area is 102 Å². The van der Waals surface area contributed by atoms with Gasteiger partial charge in [0.1, 0.15) is 5.25 Å². The van der Waals surface area contributed by atoms with Gasteiger partial charge in [-0.1, -0.05) is 36.8 Å². The SMILES string of the molecule is CCS(=O)(=O)[C@H](CO)[C@@H](N)c1cccc(C)c1. The highest BCUT2D eigenvalue weighted by Gasteiger charge is 2.30. The van der Waals surface area contributed by atoms with E-state index in [0.717, 1.165) is 11.1 Å². The summed E-state index contributed by atoms with van der Waals surface area (Å²) < 4.78 is 23.6. The van der Waals surface area contributed by atoms with Crippen LogP contribution in [-0.2, 0) is 9.84 Å². The molecule has 0 saturated heterocycles. The predicted octanol–water partition coefficient (Wildman–Crippen LogP) is 0.790. The molecule has 0 radical (unpaired) electrons. The lowest BCUT2D eigenvalue weighted by molar-refractivity contribution is 0.277. The average Bonchev–Trinajstić information content (AvgIpc) is 2.29. The van der Waals surface area contributed by atoms with Gasteiger partial charge in [-0.3, -0.25) is 0 Å². The Morgan fingerprint density at radius 3 is 2.53 bits per heavy atom. The zero-order chi connectivity index (χ0) is 13.1. The monoisotopic (exact) mass is 257 g/mol. The van der Waals surface area contributed by atoms with Gasteiger partial charge in [0.15, 0.2) is 9.84 Å². The Balaban J connectivity index is 3.06. The lowest BCUT2D eigenvalue weighted by atomic mass is 10.0. The standard InChI is InChI=1S/C12H19NO3S/c1-3-17(15,16)11(8-14)12(13)10-6-4-5-9(2)7-10/h4-7,11-12,14H,3,8,13H2,1-2H3/t11-,12+/m1/s1.